The van der Waals surface area contributed by atoms with E-state index < -0.39 is 0 Å². The highest BCUT2D eigenvalue weighted by Gasteiger charge is 2.25. The van der Waals surface area contributed by atoms with Gasteiger partial charge in [-0.2, -0.15) is 0 Å². The van der Waals surface area contributed by atoms with Crippen LogP contribution in [0.15, 0.2) is 97.1 Å². The van der Waals surface area contributed by atoms with Crippen molar-refractivity contribution in [2.75, 3.05) is 21.3 Å². The Morgan fingerprint density at radius 2 is 1.06 bits per heavy atom. The maximum Gasteiger partial charge on any atom is 0.102 e. The van der Waals surface area contributed by atoms with Gasteiger partial charge < -0.3 is 21.3 Å². The van der Waals surface area contributed by atoms with Crippen LogP contribution in [0.25, 0.3) is 21.5 Å². The van der Waals surface area contributed by atoms with Crippen LogP contribution < -0.4 is 21.3 Å². The number of nitrogens with one attached hydrogen (secondary N) is 4. The van der Waals surface area contributed by atoms with Crippen molar-refractivity contribution in [3.63, 3.8) is 0 Å². The summed E-state index contributed by atoms with van der Waals surface area (Å²) in [7, 11) is 0. The summed E-state index contributed by atoms with van der Waals surface area (Å²) < 4.78 is 0. The van der Waals surface area contributed by atoms with Crippen LogP contribution >= 0.6 is 0 Å². The predicted octanol–water partition coefficient (Wildman–Crippen LogP) is 8.05. The van der Waals surface area contributed by atoms with E-state index in [9.17, 15) is 0 Å². The number of benzene rings is 5. The number of fused-ring (bicyclic) bond motifs is 1. The smallest absolute Gasteiger partial charge is 0.102 e. The molecule has 4 heteroatoms. The Morgan fingerprint density at radius 1 is 0.515 bits per heavy atom. The van der Waals surface area contributed by atoms with E-state index in [0.29, 0.717) is 0 Å². The van der Waals surface area contributed by atoms with E-state index in [0.717, 1.165) is 34.1 Å². The maximum absolute atomic E-state index is 3.72. The van der Waals surface area contributed by atoms with Gasteiger partial charge in [0.2, 0.25) is 0 Å². The zero-order valence-corrected chi connectivity index (χ0v) is 18.7. The second-order valence-corrected chi connectivity index (χ2v) is 9.09. The van der Waals surface area contributed by atoms with Crippen LogP contribution in [-0.4, -0.2) is 5.66 Å². The zero-order valence-electron chi connectivity index (χ0n) is 18.7. The Kier molecular flexibility index (Phi) is 4.40. The highest BCUT2D eigenvalue weighted by molar-refractivity contribution is 6.12. The van der Waals surface area contributed by atoms with Crippen LogP contribution in [0.3, 0.4) is 0 Å². The first-order chi connectivity index (χ1) is 16.1. The van der Waals surface area contributed by atoms with Gasteiger partial charge in [0.25, 0.3) is 0 Å². The Hall–Kier alpha value is -4.18. The van der Waals surface area contributed by atoms with Gasteiger partial charge in [-0.15, -0.1) is 0 Å². The van der Waals surface area contributed by atoms with E-state index in [4.69, 9.17) is 0 Å². The third kappa shape index (κ3) is 3.50. The van der Waals surface area contributed by atoms with Crippen molar-refractivity contribution in [3.05, 3.63) is 97.1 Å². The Balaban J connectivity index is 1.43. The molecule has 1 aliphatic heterocycles. The van der Waals surface area contributed by atoms with Gasteiger partial charge in [-0.1, -0.05) is 54.6 Å². The van der Waals surface area contributed by atoms with Crippen molar-refractivity contribution in [1.29, 1.82) is 0 Å². The monoisotopic (exact) mass is 430 g/mol. The number of rotatable bonds is 4. The molecule has 0 aliphatic carbocycles. The van der Waals surface area contributed by atoms with Crippen molar-refractivity contribution in [2.45, 2.75) is 19.5 Å². The van der Waals surface area contributed by atoms with E-state index in [1.165, 1.54) is 21.5 Å². The second-order valence-electron chi connectivity index (χ2n) is 9.09. The number of anilines is 6. The summed E-state index contributed by atoms with van der Waals surface area (Å²) in [5, 5.41) is 19.3. The molecule has 0 unspecified atom stereocenters. The van der Waals surface area contributed by atoms with Crippen LogP contribution in [0.2, 0.25) is 0 Å². The zero-order chi connectivity index (χ0) is 22.4. The SMILES string of the molecule is CC1(C)Nc2cccc3c(Nc4ccc(Nc5ccccc5)c5ccccc45)ccc(c23)N1. The molecule has 1 heterocycles. The maximum atomic E-state index is 3.72. The Bertz CT molecular complexity index is 1470. The third-order valence-electron chi connectivity index (χ3n) is 6.18. The van der Waals surface area contributed by atoms with Crippen molar-refractivity contribution in [2.24, 2.45) is 0 Å². The molecule has 0 fully saturated rings. The highest BCUT2D eigenvalue weighted by Crippen LogP contribution is 2.42. The lowest BCUT2D eigenvalue weighted by Gasteiger charge is -2.36. The summed E-state index contributed by atoms with van der Waals surface area (Å²) in [6, 6.07) is 33.9. The van der Waals surface area contributed by atoms with Gasteiger partial charge in [0.05, 0.1) is 0 Å². The van der Waals surface area contributed by atoms with Gasteiger partial charge in [-0.05, 0) is 56.3 Å². The molecule has 0 aromatic heterocycles. The molecule has 5 aromatic rings. The molecule has 0 bridgehead atoms. The number of hydrogen-bond acceptors (Lipinski definition) is 4. The normalized spacial score (nSPS) is 13.9. The van der Waals surface area contributed by atoms with Crippen LogP contribution in [0.5, 0.6) is 0 Å². The van der Waals surface area contributed by atoms with E-state index in [2.05, 4.69) is 114 Å². The molecule has 0 radical (unpaired) electrons. The summed E-state index contributed by atoms with van der Waals surface area (Å²) in [5.74, 6) is 0. The standard InChI is InChI=1S/C29H26N4/c1-29(2)32-26-14-8-13-22-25(17-18-27(33-29)28(22)26)31-24-16-15-23(20-11-6-7-12-21(20)24)30-19-9-4-3-5-10-19/h3-18,30-33H,1-2H3. The fourth-order valence-corrected chi connectivity index (χ4v) is 4.77. The highest BCUT2D eigenvalue weighted by atomic mass is 15.2. The third-order valence-corrected chi connectivity index (χ3v) is 6.18. The minimum Gasteiger partial charge on any atom is -0.363 e. The average Bonchev–Trinajstić information content (AvgIpc) is 2.82. The molecule has 4 N–H and O–H groups in total. The predicted molar refractivity (Wildman–Crippen MR) is 142 cm³/mol. The summed E-state index contributed by atoms with van der Waals surface area (Å²) in [4.78, 5) is 0. The first-order valence-electron chi connectivity index (χ1n) is 11.3. The van der Waals surface area contributed by atoms with Crippen LogP contribution in [0.1, 0.15) is 13.8 Å². The molecule has 1 aliphatic rings. The summed E-state index contributed by atoms with van der Waals surface area (Å²) in [6.45, 7) is 4.30. The van der Waals surface area contributed by atoms with Crippen LogP contribution in [0, 0.1) is 0 Å². The largest absolute Gasteiger partial charge is 0.363 e. The molecular formula is C29H26N4. The fraction of sp³-hybridized carbons (Fsp3) is 0.103. The molecule has 33 heavy (non-hydrogen) atoms. The molecule has 0 saturated carbocycles. The Morgan fingerprint density at radius 3 is 1.79 bits per heavy atom. The molecule has 4 nitrogen and oxygen atoms in total. The van der Waals surface area contributed by atoms with E-state index in [1.54, 1.807) is 0 Å². The lowest BCUT2D eigenvalue weighted by molar-refractivity contribution is 0.649. The van der Waals surface area contributed by atoms with Gasteiger partial charge in [-0.3, -0.25) is 0 Å². The fourth-order valence-electron chi connectivity index (χ4n) is 4.77. The first kappa shape index (κ1) is 19.5. The molecule has 162 valence electrons. The van der Waals surface area contributed by atoms with E-state index >= 15 is 0 Å². The van der Waals surface area contributed by atoms with E-state index in [-0.39, 0.29) is 5.66 Å². The summed E-state index contributed by atoms with van der Waals surface area (Å²) in [5.41, 5.74) is 6.47. The van der Waals surface area contributed by atoms with Crippen molar-refractivity contribution in [1.82, 2.24) is 0 Å². The molecule has 0 spiro atoms. The number of para-hydroxylation sites is 1. The minimum absolute atomic E-state index is 0.186. The lowest BCUT2D eigenvalue weighted by Crippen LogP contribution is -2.41. The van der Waals surface area contributed by atoms with Crippen LogP contribution in [-0.2, 0) is 0 Å². The van der Waals surface area contributed by atoms with Crippen LogP contribution in [0.4, 0.5) is 34.1 Å². The summed E-state index contributed by atoms with van der Waals surface area (Å²) >= 11 is 0. The molecule has 0 atom stereocenters. The average molecular weight is 431 g/mol. The second kappa shape index (κ2) is 7.45. The molecule has 6 rings (SSSR count). The quantitative estimate of drug-likeness (QED) is 0.233. The van der Waals surface area contributed by atoms with Crippen molar-refractivity contribution >= 4 is 55.7 Å². The van der Waals surface area contributed by atoms with Crippen molar-refractivity contribution < 1.29 is 0 Å². The molecule has 0 saturated heterocycles. The van der Waals surface area contributed by atoms with Crippen molar-refractivity contribution in [3.8, 4) is 0 Å². The molecule has 5 aromatic carbocycles. The van der Waals surface area contributed by atoms with Gasteiger partial charge in [-0.25, -0.2) is 0 Å². The summed E-state index contributed by atoms with van der Waals surface area (Å²) in [6.07, 6.45) is 0. The van der Waals surface area contributed by atoms with Gasteiger partial charge in [0.1, 0.15) is 5.66 Å². The lowest BCUT2D eigenvalue weighted by atomic mass is 9.99. The molecule has 0 amide bonds. The number of hydrogen-bond donors (Lipinski definition) is 4. The van der Waals surface area contributed by atoms with Gasteiger partial charge in [0, 0.05) is 55.7 Å². The topological polar surface area (TPSA) is 48.1 Å². The first-order valence-corrected chi connectivity index (χ1v) is 11.3. The van der Waals surface area contributed by atoms with E-state index in [1.807, 2.05) is 18.2 Å². The Labute approximate surface area is 193 Å². The van der Waals surface area contributed by atoms with Gasteiger partial charge in [0.15, 0.2) is 0 Å². The minimum atomic E-state index is -0.186. The van der Waals surface area contributed by atoms with Gasteiger partial charge >= 0.3 is 0 Å². The molecular weight excluding hydrogens is 404 g/mol.